The summed E-state index contributed by atoms with van der Waals surface area (Å²) in [5.41, 5.74) is 0.908. The van der Waals surface area contributed by atoms with Crippen LogP contribution in [0.15, 0.2) is 24.3 Å². The van der Waals surface area contributed by atoms with Crippen molar-refractivity contribution in [1.82, 2.24) is 9.62 Å². The van der Waals surface area contributed by atoms with Crippen molar-refractivity contribution in [2.24, 2.45) is 0 Å². The second-order valence-corrected chi connectivity index (χ2v) is 6.93. The van der Waals surface area contributed by atoms with Crippen LogP contribution in [0, 0.1) is 5.82 Å². The fourth-order valence-corrected chi connectivity index (χ4v) is 3.17. The quantitative estimate of drug-likeness (QED) is 0.919. The highest BCUT2D eigenvalue weighted by Gasteiger charge is 2.24. The van der Waals surface area contributed by atoms with Gasteiger partial charge in [0.1, 0.15) is 5.82 Å². The smallest absolute Gasteiger partial charge is 0.211 e. The third-order valence-electron chi connectivity index (χ3n) is 3.41. The zero-order valence-electron chi connectivity index (χ0n) is 11.4. The molecule has 4 nitrogen and oxygen atoms in total. The predicted octanol–water partition coefficient (Wildman–Crippen LogP) is 1.76. The van der Waals surface area contributed by atoms with E-state index in [9.17, 15) is 12.8 Å². The summed E-state index contributed by atoms with van der Waals surface area (Å²) in [7, 11) is -3.07. The van der Waals surface area contributed by atoms with E-state index >= 15 is 0 Å². The Morgan fingerprint density at radius 3 is 2.55 bits per heavy atom. The molecule has 0 aliphatic carbocycles. The molecule has 1 fully saturated rings. The second kappa shape index (κ2) is 7.36. The largest absolute Gasteiger partial charge is 0.310 e. The third kappa shape index (κ3) is 5.01. The topological polar surface area (TPSA) is 49.4 Å². The van der Waals surface area contributed by atoms with Gasteiger partial charge in [-0.15, -0.1) is 12.4 Å². The molecular weight excluding hydrogens is 303 g/mol. The Bertz CT molecular complexity index is 531. The van der Waals surface area contributed by atoms with Crippen molar-refractivity contribution in [3.05, 3.63) is 35.6 Å². The van der Waals surface area contributed by atoms with E-state index in [0.29, 0.717) is 25.7 Å². The van der Waals surface area contributed by atoms with Gasteiger partial charge in [-0.1, -0.05) is 12.1 Å². The fraction of sp³-hybridized carbons (Fsp3) is 0.538. The normalized spacial score (nSPS) is 17.7. The van der Waals surface area contributed by atoms with Crippen molar-refractivity contribution >= 4 is 22.4 Å². The Kier molecular flexibility index (Phi) is 6.39. The zero-order chi connectivity index (χ0) is 13.9. The van der Waals surface area contributed by atoms with Crippen LogP contribution in [-0.2, 0) is 16.6 Å². The van der Waals surface area contributed by atoms with Gasteiger partial charge in [-0.25, -0.2) is 17.1 Å². The monoisotopic (exact) mass is 322 g/mol. The molecule has 1 aromatic carbocycles. The Hall–Kier alpha value is -0.690. The summed E-state index contributed by atoms with van der Waals surface area (Å²) < 4.78 is 37.3. The third-order valence-corrected chi connectivity index (χ3v) is 4.71. The number of sulfonamides is 1. The van der Waals surface area contributed by atoms with E-state index in [1.807, 2.05) is 6.07 Å². The Balaban J connectivity index is 0.00000200. The predicted molar refractivity (Wildman–Crippen MR) is 79.9 cm³/mol. The SMILES string of the molecule is CS(=O)(=O)N1CCC(NCc2cccc(F)c2)CC1.Cl. The van der Waals surface area contributed by atoms with Gasteiger partial charge in [0.15, 0.2) is 0 Å². The van der Waals surface area contributed by atoms with Gasteiger partial charge in [0.05, 0.1) is 6.26 Å². The van der Waals surface area contributed by atoms with Crippen molar-refractivity contribution in [2.75, 3.05) is 19.3 Å². The summed E-state index contributed by atoms with van der Waals surface area (Å²) >= 11 is 0. The minimum absolute atomic E-state index is 0. The van der Waals surface area contributed by atoms with Crippen molar-refractivity contribution in [2.45, 2.75) is 25.4 Å². The van der Waals surface area contributed by atoms with Crippen LogP contribution in [0.5, 0.6) is 0 Å². The lowest BCUT2D eigenvalue weighted by atomic mass is 10.1. The lowest BCUT2D eigenvalue weighted by Crippen LogP contribution is -2.44. The molecule has 2 rings (SSSR count). The van der Waals surface area contributed by atoms with E-state index in [1.54, 1.807) is 6.07 Å². The van der Waals surface area contributed by atoms with E-state index in [2.05, 4.69) is 5.32 Å². The van der Waals surface area contributed by atoms with E-state index < -0.39 is 10.0 Å². The lowest BCUT2D eigenvalue weighted by molar-refractivity contribution is 0.290. The number of nitrogens with one attached hydrogen (secondary N) is 1. The molecule has 0 bridgehead atoms. The molecule has 0 aromatic heterocycles. The van der Waals surface area contributed by atoms with Gasteiger partial charge in [-0.05, 0) is 30.5 Å². The minimum Gasteiger partial charge on any atom is -0.310 e. The van der Waals surface area contributed by atoms with Crippen LogP contribution in [0.25, 0.3) is 0 Å². The molecule has 0 amide bonds. The minimum atomic E-state index is -3.07. The standard InChI is InChI=1S/C13H19FN2O2S.ClH/c1-19(17,18)16-7-5-13(6-8-16)15-10-11-3-2-4-12(14)9-11;/h2-4,9,13,15H,5-8,10H2,1H3;1H. The Morgan fingerprint density at radius 2 is 2.00 bits per heavy atom. The van der Waals surface area contributed by atoms with Gasteiger partial charge in [-0.2, -0.15) is 0 Å². The Labute approximate surface area is 125 Å². The van der Waals surface area contributed by atoms with Crippen molar-refractivity contribution < 1.29 is 12.8 Å². The molecule has 1 saturated heterocycles. The number of benzene rings is 1. The summed E-state index contributed by atoms with van der Waals surface area (Å²) in [5.74, 6) is -0.230. The highest BCUT2D eigenvalue weighted by Crippen LogP contribution is 2.14. The fourth-order valence-electron chi connectivity index (χ4n) is 2.30. The maximum absolute atomic E-state index is 13.0. The summed E-state index contributed by atoms with van der Waals surface area (Å²) in [6.07, 6.45) is 2.83. The summed E-state index contributed by atoms with van der Waals surface area (Å²) in [6.45, 7) is 1.72. The van der Waals surface area contributed by atoms with Gasteiger partial charge in [0, 0.05) is 25.7 Å². The van der Waals surface area contributed by atoms with Crippen LogP contribution in [-0.4, -0.2) is 38.1 Å². The van der Waals surface area contributed by atoms with E-state index in [4.69, 9.17) is 0 Å². The maximum atomic E-state index is 13.0. The average molecular weight is 323 g/mol. The summed E-state index contributed by atoms with van der Waals surface area (Å²) in [4.78, 5) is 0. The molecule has 20 heavy (non-hydrogen) atoms. The number of hydrogen-bond donors (Lipinski definition) is 1. The van der Waals surface area contributed by atoms with E-state index in [-0.39, 0.29) is 18.2 Å². The molecule has 0 unspecified atom stereocenters. The highest BCUT2D eigenvalue weighted by molar-refractivity contribution is 7.88. The molecule has 1 heterocycles. The van der Waals surface area contributed by atoms with Crippen molar-refractivity contribution in [3.63, 3.8) is 0 Å². The van der Waals surface area contributed by atoms with Crippen LogP contribution in [0.3, 0.4) is 0 Å². The van der Waals surface area contributed by atoms with E-state index in [1.165, 1.54) is 22.7 Å². The molecule has 0 saturated carbocycles. The van der Waals surface area contributed by atoms with Crippen molar-refractivity contribution in [3.8, 4) is 0 Å². The van der Waals surface area contributed by atoms with Crippen LogP contribution < -0.4 is 5.32 Å². The first kappa shape index (κ1) is 17.4. The molecule has 1 aliphatic rings. The van der Waals surface area contributed by atoms with Crippen LogP contribution in [0.4, 0.5) is 4.39 Å². The van der Waals surface area contributed by atoms with Gasteiger partial charge in [0.2, 0.25) is 10.0 Å². The van der Waals surface area contributed by atoms with Gasteiger partial charge >= 0.3 is 0 Å². The Morgan fingerprint density at radius 1 is 1.35 bits per heavy atom. The molecule has 1 N–H and O–H groups in total. The summed E-state index contributed by atoms with van der Waals surface area (Å²) in [5, 5.41) is 3.35. The number of rotatable bonds is 4. The molecule has 0 radical (unpaired) electrons. The lowest BCUT2D eigenvalue weighted by Gasteiger charge is -2.30. The number of halogens is 2. The maximum Gasteiger partial charge on any atom is 0.211 e. The molecule has 0 atom stereocenters. The van der Waals surface area contributed by atoms with Crippen LogP contribution in [0.2, 0.25) is 0 Å². The molecule has 0 spiro atoms. The first-order valence-corrected chi connectivity index (χ1v) is 8.23. The highest BCUT2D eigenvalue weighted by atomic mass is 35.5. The second-order valence-electron chi connectivity index (χ2n) is 4.95. The number of piperidine rings is 1. The first-order chi connectivity index (χ1) is 8.95. The molecule has 7 heteroatoms. The molecule has 114 valence electrons. The first-order valence-electron chi connectivity index (χ1n) is 6.38. The summed E-state index contributed by atoms with van der Waals surface area (Å²) in [6, 6.07) is 6.80. The van der Waals surface area contributed by atoms with Crippen LogP contribution >= 0.6 is 12.4 Å². The van der Waals surface area contributed by atoms with E-state index in [0.717, 1.165) is 18.4 Å². The van der Waals surface area contributed by atoms with Gasteiger partial charge in [0.25, 0.3) is 0 Å². The number of nitrogens with zero attached hydrogens (tertiary/aromatic N) is 1. The zero-order valence-corrected chi connectivity index (χ0v) is 13.0. The number of hydrogen-bond acceptors (Lipinski definition) is 3. The van der Waals surface area contributed by atoms with Crippen molar-refractivity contribution in [1.29, 1.82) is 0 Å². The van der Waals surface area contributed by atoms with Crippen LogP contribution in [0.1, 0.15) is 18.4 Å². The molecular formula is C13H20ClFN2O2S. The molecule has 1 aliphatic heterocycles. The molecule has 1 aromatic rings. The van der Waals surface area contributed by atoms with Gasteiger partial charge in [-0.3, -0.25) is 0 Å². The average Bonchev–Trinajstić information content (AvgIpc) is 2.36. The van der Waals surface area contributed by atoms with Gasteiger partial charge < -0.3 is 5.32 Å².